The number of fused-ring (bicyclic) bond motifs is 2. The third kappa shape index (κ3) is 6.38. The molecule has 3 heterocycles. The Labute approximate surface area is 238 Å². The van der Waals surface area contributed by atoms with Crippen molar-refractivity contribution in [3.05, 3.63) is 41.7 Å². The van der Waals surface area contributed by atoms with Crippen LogP contribution in [0.2, 0.25) is 0 Å². The van der Waals surface area contributed by atoms with Crippen LogP contribution in [0, 0.1) is 34.8 Å². The first-order valence-corrected chi connectivity index (χ1v) is 14.3. The molecule has 1 unspecified atom stereocenters. The molecule has 9 nitrogen and oxygen atoms in total. The number of nitrogens with one attached hydrogen (secondary N) is 1. The molecule has 11 heteroatoms. The van der Waals surface area contributed by atoms with Gasteiger partial charge in [-0.25, -0.2) is 13.6 Å². The predicted molar refractivity (Wildman–Crippen MR) is 145 cm³/mol. The molecule has 4 atom stereocenters. The molecule has 5 rings (SSSR count). The van der Waals surface area contributed by atoms with Gasteiger partial charge in [0, 0.05) is 49.5 Å². The second-order valence-electron chi connectivity index (χ2n) is 12.4. The molecular formula is C30H37F2N5O4. The van der Waals surface area contributed by atoms with Crippen LogP contribution < -0.4 is 5.32 Å². The molecule has 1 saturated carbocycles. The van der Waals surface area contributed by atoms with Gasteiger partial charge in [0.15, 0.2) is 11.6 Å². The quantitative estimate of drug-likeness (QED) is 0.522. The van der Waals surface area contributed by atoms with Crippen molar-refractivity contribution in [2.75, 3.05) is 13.2 Å². The van der Waals surface area contributed by atoms with Crippen molar-refractivity contribution in [1.29, 1.82) is 5.26 Å². The van der Waals surface area contributed by atoms with Crippen molar-refractivity contribution in [2.45, 2.75) is 89.6 Å². The maximum absolute atomic E-state index is 15.2. The molecule has 1 aromatic heterocycles. The van der Waals surface area contributed by atoms with E-state index in [4.69, 9.17) is 9.47 Å². The second kappa shape index (κ2) is 11.8. The Hall–Kier alpha value is -3.52. The largest absolute Gasteiger partial charge is 0.444 e. The highest BCUT2D eigenvalue weighted by atomic mass is 19.2. The summed E-state index contributed by atoms with van der Waals surface area (Å²) in [6, 6.07) is 2.93. The van der Waals surface area contributed by atoms with E-state index in [1.54, 1.807) is 31.6 Å². The van der Waals surface area contributed by atoms with Gasteiger partial charge in [0.05, 0.1) is 12.3 Å². The van der Waals surface area contributed by atoms with E-state index >= 15 is 8.78 Å². The number of hydrogen-bond acceptors (Lipinski definition) is 6. The minimum absolute atomic E-state index is 0.0235. The van der Waals surface area contributed by atoms with Gasteiger partial charge < -0.3 is 14.8 Å². The van der Waals surface area contributed by atoms with Crippen LogP contribution in [-0.2, 0) is 27.2 Å². The first-order valence-electron chi connectivity index (χ1n) is 14.3. The fourth-order valence-electron chi connectivity index (χ4n) is 6.28. The zero-order chi connectivity index (χ0) is 29.3. The van der Waals surface area contributed by atoms with Gasteiger partial charge in [-0.2, -0.15) is 10.4 Å². The molecule has 2 amide bonds. The van der Waals surface area contributed by atoms with Gasteiger partial charge in [-0.3, -0.25) is 14.4 Å². The number of nitrogens with zero attached hydrogens (tertiary/aromatic N) is 4. The van der Waals surface area contributed by atoms with E-state index in [1.165, 1.54) is 23.2 Å². The molecule has 3 fully saturated rings. The summed E-state index contributed by atoms with van der Waals surface area (Å²) in [4.78, 5) is 27.7. The Morgan fingerprint density at radius 3 is 2.66 bits per heavy atom. The minimum atomic E-state index is -1.11. The number of ether oxygens (including phenoxy) is 2. The third-order valence-electron chi connectivity index (χ3n) is 8.25. The fourth-order valence-corrected chi connectivity index (χ4v) is 6.28. The molecule has 0 radical (unpaired) electrons. The standard InChI is InChI=1S/C30H37F2N5O4/c1-30(2,3)41-29(39)37-23-6-4-20(13-23)27(37)28(38)35-22(14-33)12-19-5-7-24(26(32)25(19)31)21-15-34-36(17-21)16-18-8-10-40-11-9-18/h5,7,15,17-18,20,22-23,27H,4,6,8-13,16H2,1-3H3,(H,35,38)/t20?,22-,23+,27-/m0/s1. The monoisotopic (exact) mass is 569 g/mol. The highest BCUT2D eigenvalue weighted by molar-refractivity contribution is 5.87. The van der Waals surface area contributed by atoms with Gasteiger partial charge in [-0.05, 0) is 70.3 Å². The predicted octanol–water partition coefficient (Wildman–Crippen LogP) is 4.59. The van der Waals surface area contributed by atoms with Gasteiger partial charge in [0.1, 0.15) is 17.7 Å². The lowest BCUT2D eigenvalue weighted by Crippen LogP contribution is -2.55. The average molecular weight is 570 g/mol. The number of piperidine rings is 1. The van der Waals surface area contributed by atoms with Crippen LogP contribution in [-0.4, -0.2) is 63.6 Å². The van der Waals surface area contributed by atoms with Crippen LogP contribution >= 0.6 is 0 Å². The zero-order valence-corrected chi connectivity index (χ0v) is 23.7. The van der Waals surface area contributed by atoms with Crippen molar-refractivity contribution in [3.63, 3.8) is 0 Å². The topological polar surface area (TPSA) is 109 Å². The lowest BCUT2D eigenvalue weighted by Gasteiger charge is -2.35. The molecule has 0 spiro atoms. The van der Waals surface area contributed by atoms with E-state index in [9.17, 15) is 14.9 Å². The zero-order valence-electron chi connectivity index (χ0n) is 23.7. The number of carbonyl (C=O) groups excluding carboxylic acids is 2. The summed E-state index contributed by atoms with van der Waals surface area (Å²) < 4.78 is 43.1. The maximum Gasteiger partial charge on any atom is 0.411 e. The van der Waals surface area contributed by atoms with Crippen LogP contribution in [0.4, 0.5) is 13.6 Å². The Morgan fingerprint density at radius 2 is 1.95 bits per heavy atom. The van der Waals surface area contributed by atoms with Gasteiger partial charge >= 0.3 is 6.09 Å². The molecule has 2 aliphatic heterocycles. The second-order valence-corrected chi connectivity index (χ2v) is 12.4. The Morgan fingerprint density at radius 1 is 1.20 bits per heavy atom. The van der Waals surface area contributed by atoms with E-state index in [0.29, 0.717) is 37.7 Å². The normalized spacial score (nSPS) is 23.3. The van der Waals surface area contributed by atoms with E-state index in [-0.39, 0.29) is 29.5 Å². The summed E-state index contributed by atoms with van der Waals surface area (Å²) >= 11 is 0. The summed E-state index contributed by atoms with van der Waals surface area (Å²) in [7, 11) is 0. The van der Waals surface area contributed by atoms with Gasteiger partial charge in [-0.15, -0.1) is 0 Å². The number of benzene rings is 1. The van der Waals surface area contributed by atoms with Gasteiger partial charge in [0.25, 0.3) is 0 Å². The van der Waals surface area contributed by atoms with Crippen LogP contribution in [0.5, 0.6) is 0 Å². The summed E-state index contributed by atoms with van der Waals surface area (Å²) in [6.45, 7) is 7.40. The molecule has 220 valence electrons. The fraction of sp³-hybridized carbons (Fsp3) is 0.600. The highest BCUT2D eigenvalue weighted by Crippen LogP contribution is 2.43. The summed E-state index contributed by atoms with van der Waals surface area (Å²) in [6.07, 6.45) is 6.60. The number of amides is 2. The maximum atomic E-state index is 15.2. The lowest BCUT2D eigenvalue weighted by atomic mass is 9.97. The first-order chi connectivity index (χ1) is 19.5. The molecule has 2 aromatic rings. The number of likely N-dealkylation sites (tertiary alicyclic amines) is 1. The van der Waals surface area contributed by atoms with E-state index in [2.05, 4.69) is 10.4 Å². The molecular weight excluding hydrogens is 532 g/mol. The van der Waals surface area contributed by atoms with Crippen LogP contribution in [0.25, 0.3) is 11.1 Å². The number of nitriles is 1. The van der Waals surface area contributed by atoms with Gasteiger partial charge in [-0.1, -0.05) is 12.1 Å². The number of rotatable bonds is 7. The SMILES string of the molecule is CC(C)(C)OC(=O)N1[C@@H]2CCC(C2)[C@H]1C(=O)N[C@H](C#N)Cc1ccc(-c2cnn(CC3CCOCC3)c2)c(F)c1F. The highest BCUT2D eigenvalue weighted by Gasteiger charge is 2.52. The molecule has 1 aromatic carbocycles. The molecule has 2 bridgehead atoms. The number of hydrogen-bond donors (Lipinski definition) is 1. The molecule has 1 N–H and O–H groups in total. The van der Waals surface area contributed by atoms with Crippen LogP contribution in [0.3, 0.4) is 0 Å². The Bertz CT molecular complexity index is 1330. The van der Waals surface area contributed by atoms with E-state index < -0.39 is 41.3 Å². The molecule has 3 aliphatic rings. The van der Waals surface area contributed by atoms with Crippen molar-refractivity contribution < 1.29 is 27.8 Å². The van der Waals surface area contributed by atoms with Crippen LogP contribution in [0.1, 0.15) is 58.4 Å². The van der Waals surface area contributed by atoms with E-state index in [0.717, 1.165) is 25.7 Å². The van der Waals surface area contributed by atoms with Crippen molar-refractivity contribution in [3.8, 4) is 17.2 Å². The molecule has 1 aliphatic carbocycles. The number of aromatic nitrogens is 2. The molecule has 2 saturated heterocycles. The third-order valence-corrected chi connectivity index (χ3v) is 8.25. The van der Waals surface area contributed by atoms with Crippen molar-refractivity contribution in [2.24, 2.45) is 11.8 Å². The summed E-state index contributed by atoms with van der Waals surface area (Å²) in [5, 5.41) is 16.8. The lowest BCUT2D eigenvalue weighted by molar-refractivity contribution is -0.128. The Kier molecular flexibility index (Phi) is 8.32. The summed E-state index contributed by atoms with van der Waals surface area (Å²) in [5.41, 5.74) is -0.197. The smallest absolute Gasteiger partial charge is 0.411 e. The number of halogens is 2. The Balaban J connectivity index is 1.25. The summed E-state index contributed by atoms with van der Waals surface area (Å²) in [5.74, 6) is -2.18. The molecule has 41 heavy (non-hydrogen) atoms. The number of carbonyl (C=O) groups is 2. The van der Waals surface area contributed by atoms with Crippen molar-refractivity contribution in [1.82, 2.24) is 20.0 Å². The van der Waals surface area contributed by atoms with E-state index in [1.807, 2.05) is 6.07 Å². The first kappa shape index (κ1) is 29.0. The average Bonchev–Trinajstić information content (AvgIpc) is 3.67. The van der Waals surface area contributed by atoms with Crippen LogP contribution in [0.15, 0.2) is 24.5 Å². The van der Waals surface area contributed by atoms with Crippen molar-refractivity contribution >= 4 is 12.0 Å². The minimum Gasteiger partial charge on any atom is -0.444 e. The van der Waals surface area contributed by atoms with Gasteiger partial charge in [0.2, 0.25) is 5.91 Å².